The number of nitrogens with one attached hydrogen (secondary N) is 1. The number of rotatable bonds is 10. The van der Waals surface area contributed by atoms with Gasteiger partial charge in [0.25, 0.3) is 0 Å². The third-order valence-electron chi connectivity index (χ3n) is 9.18. The fraction of sp³-hybridized carbons (Fsp3) is 0.667. The topological polar surface area (TPSA) is 164 Å². The van der Waals surface area contributed by atoms with Gasteiger partial charge in [0.1, 0.15) is 17.7 Å². The van der Waals surface area contributed by atoms with Crippen molar-refractivity contribution in [2.45, 2.75) is 107 Å². The first-order valence-electron chi connectivity index (χ1n) is 15.5. The maximum Gasteiger partial charge on any atom is 0.245 e. The molecule has 1 aromatic heterocycles. The summed E-state index contributed by atoms with van der Waals surface area (Å²) in [5.74, 6) is -0.465. The van der Waals surface area contributed by atoms with Crippen molar-refractivity contribution in [3.8, 4) is 0 Å². The van der Waals surface area contributed by atoms with Crippen molar-refractivity contribution in [2.75, 3.05) is 25.0 Å². The first-order chi connectivity index (χ1) is 20.4. The summed E-state index contributed by atoms with van der Waals surface area (Å²) < 4.78 is 29.4. The van der Waals surface area contributed by atoms with Crippen molar-refractivity contribution in [1.82, 2.24) is 24.2 Å². The van der Waals surface area contributed by atoms with Crippen LogP contribution < -0.4 is 11.1 Å². The van der Waals surface area contributed by atoms with Crippen molar-refractivity contribution in [2.24, 2.45) is 11.7 Å². The number of primary amides is 1. The summed E-state index contributed by atoms with van der Waals surface area (Å²) in [6.45, 7) is 4.54. The number of hydrogen-bond donors (Lipinski definition) is 3. The van der Waals surface area contributed by atoms with Gasteiger partial charge in [-0.05, 0) is 63.3 Å². The molecule has 12 nitrogen and oxygen atoms in total. The van der Waals surface area contributed by atoms with Gasteiger partial charge in [0.05, 0.1) is 22.8 Å². The molecule has 0 bridgehead atoms. The number of benzene rings is 1. The van der Waals surface area contributed by atoms with Gasteiger partial charge in [-0.1, -0.05) is 43.7 Å². The predicted molar refractivity (Wildman–Crippen MR) is 161 cm³/mol. The fourth-order valence-electron chi connectivity index (χ4n) is 6.81. The number of sulfonamides is 1. The largest absolute Gasteiger partial charge is 0.384 e. The molecule has 43 heavy (non-hydrogen) atoms. The van der Waals surface area contributed by atoms with E-state index < -0.39 is 33.6 Å². The fourth-order valence-corrected chi connectivity index (χ4v) is 8.33. The summed E-state index contributed by atoms with van der Waals surface area (Å²) in [5, 5.41) is 22.1. The summed E-state index contributed by atoms with van der Waals surface area (Å²) in [7, 11) is -3.57. The van der Waals surface area contributed by atoms with Crippen LogP contribution in [0.4, 0.5) is 5.69 Å². The number of piperidine rings is 1. The highest BCUT2D eigenvalue weighted by atomic mass is 32.2. The van der Waals surface area contributed by atoms with E-state index in [1.165, 1.54) is 12.6 Å². The lowest BCUT2D eigenvalue weighted by molar-refractivity contribution is -0.138. The van der Waals surface area contributed by atoms with E-state index in [2.05, 4.69) is 15.6 Å². The normalized spacial score (nSPS) is 23.3. The third-order valence-corrected chi connectivity index (χ3v) is 11.1. The van der Waals surface area contributed by atoms with Gasteiger partial charge in [0.2, 0.25) is 21.8 Å². The van der Waals surface area contributed by atoms with Gasteiger partial charge in [-0.3, -0.25) is 9.59 Å². The van der Waals surface area contributed by atoms with Gasteiger partial charge in [0.15, 0.2) is 0 Å². The van der Waals surface area contributed by atoms with Gasteiger partial charge in [-0.2, -0.15) is 4.31 Å². The molecule has 3 aliphatic rings. The average molecular weight is 616 g/mol. The number of amides is 2. The number of hydrogen-bond acceptors (Lipinski definition) is 8. The zero-order valence-electron chi connectivity index (χ0n) is 25.2. The zero-order valence-corrected chi connectivity index (χ0v) is 26.0. The molecule has 2 aromatic rings. The monoisotopic (exact) mass is 615 g/mol. The Balaban J connectivity index is 1.37. The lowest BCUT2D eigenvalue weighted by Crippen LogP contribution is -2.50. The summed E-state index contributed by atoms with van der Waals surface area (Å²) >= 11 is 0. The lowest BCUT2D eigenvalue weighted by Gasteiger charge is -2.32. The SMILES string of the molecule is CC(C)(O)c1cnnn1C1CC(C(N)=O)N(C(=O)[C@@H](CC2CCCCC2)Nc2ccc(S(=O)(=O)N3CCCCC3)cc2)C1. The Hall–Kier alpha value is -3.03. The number of anilines is 1. The molecule has 5 rings (SSSR count). The van der Waals surface area contributed by atoms with Crippen molar-refractivity contribution < 1.29 is 23.1 Å². The second-order valence-electron chi connectivity index (χ2n) is 12.8. The van der Waals surface area contributed by atoms with Crippen LogP contribution in [0.25, 0.3) is 0 Å². The van der Waals surface area contributed by atoms with Crippen LogP contribution in [0.3, 0.4) is 0 Å². The molecule has 2 amide bonds. The molecule has 0 spiro atoms. The molecule has 2 unspecified atom stereocenters. The minimum absolute atomic E-state index is 0.203. The molecule has 1 aromatic carbocycles. The highest BCUT2D eigenvalue weighted by Gasteiger charge is 2.43. The van der Waals surface area contributed by atoms with E-state index in [-0.39, 0.29) is 29.8 Å². The Morgan fingerprint density at radius 3 is 2.35 bits per heavy atom. The highest BCUT2D eigenvalue weighted by Crippen LogP contribution is 2.34. The molecule has 1 aliphatic carbocycles. The van der Waals surface area contributed by atoms with Crippen molar-refractivity contribution in [3.63, 3.8) is 0 Å². The number of carbonyl (C=O) groups excluding carboxylic acids is 2. The van der Waals surface area contributed by atoms with Crippen LogP contribution >= 0.6 is 0 Å². The van der Waals surface area contributed by atoms with Gasteiger partial charge in [0, 0.05) is 31.7 Å². The molecule has 1 saturated carbocycles. The zero-order chi connectivity index (χ0) is 30.8. The molecule has 4 N–H and O–H groups in total. The number of likely N-dealkylation sites (tertiary alicyclic amines) is 1. The molecule has 0 radical (unpaired) electrons. The Bertz CT molecular complexity index is 1380. The molecular weight excluding hydrogens is 570 g/mol. The predicted octanol–water partition coefficient (Wildman–Crippen LogP) is 2.76. The minimum Gasteiger partial charge on any atom is -0.384 e. The Morgan fingerprint density at radius 1 is 1.07 bits per heavy atom. The maximum absolute atomic E-state index is 14.2. The Kier molecular flexibility index (Phi) is 9.43. The number of nitrogens with two attached hydrogens (primary N) is 1. The van der Waals surface area contributed by atoms with Crippen LogP contribution in [-0.2, 0) is 25.2 Å². The van der Waals surface area contributed by atoms with Gasteiger partial charge in [-0.15, -0.1) is 5.10 Å². The van der Waals surface area contributed by atoms with Crippen LogP contribution in [0.1, 0.15) is 89.8 Å². The van der Waals surface area contributed by atoms with Crippen LogP contribution in [-0.4, -0.2) is 81.3 Å². The van der Waals surface area contributed by atoms with E-state index in [4.69, 9.17) is 5.73 Å². The van der Waals surface area contributed by atoms with E-state index in [9.17, 15) is 23.1 Å². The van der Waals surface area contributed by atoms with Gasteiger partial charge >= 0.3 is 0 Å². The smallest absolute Gasteiger partial charge is 0.245 e. The third kappa shape index (κ3) is 7.04. The average Bonchev–Trinajstić information content (AvgIpc) is 3.66. The van der Waals surface area contributed by atoms with E-state index >= 15 is 0 Å². The summed E-state index contributed by atoms with van der Waals surface area (Å²) in [6, 6.07) is 4.77. The molecular formula is C30H45N7O5S. The quantitative estimate of drug-likeness (QED) is 0.367. The molecule has 13 heteroatoms. The molecule has 3 heterocycles. The van der Waals surface area contributed by atoms with Crippen molar-refractivity contribution in [3.05, 3.63) is 36.2 Å². The second-order valence-corrected chi connectivity index (χ2v) is 14.8. The highest BCUT2D eigenvalue weighted by molar-refractivity contribution is 7.89. The number of aliphatic hydroxyl groups is 1. The molecule has 2 saturated heterocycles. The van der Waals surface area contributed by atoms with Gasteiger partial charge < -0.3 is 21.1 Å². The Labute approximate surface area is 254 Å². The second kappa shape index (κ2) is 12.9. The maximum atomic E-state index is 14.2. The van der Waals surface area contributed by atoms with Crippen molar-refractivity contribution >= 4 is 27.5 Å². The lowest BCUT2D eigenvalue weighted by atomic mass is 9.84. The number of carbonyl (C=O) groups is 2. The minimum atomic E-state index is -3.57. The first kappa shape index (κ1) is 31.4. The first-order valence-corrected chi connectivity index (χ1v) is 17.0. The Morgan fingerprint density at radius 2 is 1.72 bits per heavy atom. The van der Waals surface area contributed by atoms with E-state index in [1.54, 1.807) is 52.0 Å². The van der Waals surface area contributed by atoms with Crippen LogP contribution in [0.2, 0.25) is 0 Å². The molecule has 3 atom stereocenters. The number of nitrogens with zero attached hydrogens (tertiary/aromatic N) is 5. The van der Waals surface area contributed by atoms with E-state index in [1.807, 2.05) is 0 Å². The number of aromatic nitrogens is 3. The van der Waals surface area contributed by atoms with E-state index in [0.717, 1.165) is 44.9 Å². The molecule has 3 fully saturated rings. The van der Waals surface area contributed by atoms with Crippen LogP contribution in [0, 0.1) is 5.92 Å². The standard InChI is InChI=1S/C30H45N7O5S/c1-30(2,40)27-19-32-34-37(27)23-18-26(28(31)38)36(20-23)29(39)25(17-21-9-5-3-6-10-21)33-22-11-13-24(14-12-22)43(41,42)35-15-7-4-8-16-35/h11-14,19,21,23,25-26,33,40H,3-10,15-18,20H2,1-2H3,(H2,31,38)/t23?,25-,26?/m1/s1. The van der Waals surface area contributed by atoms with Crippen LogP contribution in [0.5, 0.6) is 0 Å². The summed E-state index contributed by atoms with van der Waals surface area (Å²) in [5.41, 5.74) is 5.74. The van der Waals surface area contributed by atoms with Crippen molar-refractivity contribution in [1.29, 1.82) is 0 Å². The summed E-state index contributed by atoms with van der Waals surface area (Å²) in [6.07, 6.45) is 10.6. The summed E-state index contributed by atoms with van der Waals surface area (Å²) in [4.78, 5) is 28.6. The molecule has 2 aliphatic heterocycles. The molecule has 236 valence electrons. The van der Waals surface area contributed by atoms with Crippen LogP contribution in [0.15, 0.2) is 35.4 Å². The van der Waals surface area contributed by atoms with E-state index in [0.29, 0.717) is 36.8 Å². The van der Waals surface area contributed by atoms with Gasteiger partial charge in [-0.25, -0.2) is 13.1 Å².